The molecule has 21 heavy (non-hydrogen) atoms. The number of hydrogen-bond donors (Lipinski definition) is 3. The molecule has 2 saturated heterocycles. The van der Waals surface area contributed by atoms with E-state index < -0.39 is 24.0 Å². The second-order valence-corrected chi connectivity index (χ2v) is 6.84. The molecule has 0 bridgehead atoms. The van der Waals surface area contributed by atoms with Gasteiger partial charge in [-0.3, -0.25) is 9.59 Å². The number of carboxylic acids is 1. The number of carboxylic acid groups (broad SMARTS) is 1. The summed E-state index contributed by atoms with van der Waals surface area (Å²) in [7, 11) is 0. The second kappa shape index (κ2) is 6.23. The fraction of sp³-hybridized carbons (Fsp3) is 0.769. The van der Waals surface area contributed by atoms with Gasteiger partial charge >= 0.3 is 5.97 Å². The molecular weight excluding hydrogens is 296 g/mol. The van der Waals surface area contributed by atoms with Gasteiger partial charge in [0, 0.05) is 30.5 Å². The Labute approximate surface area is 127 Å². The zero-order chi connectivity index (χ0) is 15.7. The molecule has 0 aromatic heterocycles. The van der Waals surface area contributed by atoms with Crippen LogP contribution in [0.15, 0.2) is 0 Å². The van der Waals surface area contributed by atoms with Gasteiger partial charge in [-0.05, 0) is 13.3 Å². The number of hydrogen-bond acceptors (Lipinski definition) is 5. The summed E-state index contributed by atoms with van der Waals surface area (Å²) in [4.78, 5) is 35.6. The lowest BCUT2D eigenvalue weighted by atomic mass is 9.84. The Balaban J connectivity index is 1.97. The lowest BCUT2D eigenvalue weighted by Crippen LogP contribution is -2.64. The van der Waals surface area contributed by atoms with Crippen LogP contribution in [0.4, 0.5) is 0 Å². The first-order valence-corrected chi connectivity index (χ1v) is 7.98. The van der Waals surface area contributed by atoms with Crippen molar-refractivity contribution in [3.63, 3.8) is 0 Å². The van der Waals surface area contributed by atoms with Crippen LogP contribution in [0.5, 0.6) is 0 Å². The van der Waals surface area contributed by atoms with Gasteiger partial charge in [-0.2, -0.15) is 11.8 Å². The van der Waals surface area contributed by atoms with Gasteiger partial charge in [-0.25, -0.2) is 4.79 Å². The van der Waals surface area contributed by atoms with E-state index in [0.717, 1.165) is 0 Å². The van der Waals surface area contributed by atoms with Crippen LogP contribution < -0.4 is 5.32 Å². The molecule has 0 spiro atoms. The Morgan fingerprint density at radius 2 is 2.19 bits per heavy atom. The van der Waals surface area contributed by atoms with Gasteiger partial charge in [0.25, 0.3) is 0 Å². The molecule has 2 rings (SSSR count). The summed E-state index contributed by atoms with van der Waals surface area (Å²) in [5.74, 6) is -1.28. The minimum Gasteiger partial charge on any atom is -0.480 e. The molecular formula is C13H20N2O5S. The quantitative estimate of drug-likeness (QED) is 0.441. The summed E-state index contributed by atoms with van der Waals surface area (Å²) < 4.78 is 0. The summed E-state index contributed by atoms with van der Waals surface area (Å²) in [5, 5.41) is 21.4. The summed E-state index contributed by atoms with van der Waals surface area (Å²) in [6.45, 7) is 3.46. The third-order valence-corrected chi connectivity index (χ3v) is 5.34. The normalized spacial score (nSPS) is 32.3. The van der Waals surface area contributed by atoms with E-state index in [1.807, 2.05) is 0 Å². The fourth-order valence-electron chi connectivity index (χ4n) is 3.14. The smallest absolute Gasteiger partial charge is 0.327 e. The molecule has 0 radical (unpaired) electrons. The van der Waals surface area contributed by atoms with E-state index in [2.05, 4.69) is 5.32 Å². The molecule has 2 aliphatic heterocycles. The molecule has 0 aromatic rings. The molecule has 2 heterocycles. The minimum atomic E-state index is -1.01. The van der Waals surface area contributed by atoms with Gasteiger partial charge in [-0.1, -0.05) is 0 Å². The van der Waals surface area contributed by atoms with Crippen molar-refractivity contribution in [2.24, 2.45) is 5.92 Å². The maximum absolute atomic E-state index is 12.0. The molecule has 2 amide bonds. The minimum absolute atomic E-state index is 0.120. The average Bonchev–Trinajstić information content (AvgIpc) is 2.68. The number of nitrogens with zero attached hydrogens (tertiary/aromatic N) is 1. The van der Waals surface area contributed by atoms with E-state index in [0.29, 0.717) is 18.7 Å². The van der Waals surface area contributed by atoms with Crippen molar-refractivity contribution in [1.29, 1.82) is 0 Å². The van der Waals surface area contributed by atoms with Crippen molar-refractivity contribution in [3.05, 3.63) is 0 Å². The summed E-state index contributed by atoms with van der Waals surface area (Å²) in [5.41, 5.74) is 0. The van der Waals surface area contributed by atoms with Crippen LogP contribution in [-0.4, -0.2) is 68.6 Å². The number of carbonyl (C=O) groups excluding carboxylic acids is 2. The van der Waals surface area contributed by atoms with Crippen molar-refractivity contribution in [1.82, 2.24) is 10.2 Å². The molecule has 0 saturated carbocycles. The molecule has 7 nitrogen and oxygen atoms in total. The molecule has 2 aliphatic rings. The lowest BCUT2D eigenvalue weighted by molar-refractivity contribution is -0.169. The van der Waals surface area contributed by atoms with E-state index >= 15 is 0 Å². The number of aliphatic hydroxyl groups is 1. The third-order valence-electron chi connectivity index (χ3n) is 4.02. The number of thioether (sulfide) groups is 1. The maximum Gasteiger partial charge on any atom is 0.327 e. The van der Waals surface area contributed by atoms with Crippen molar-refractivity contribution in [3.8, 4) is 0 Å². The highest BCUT2D eigenvalue weighted by molar-refractivity contribution is 8.00. The van der Waals surface area contributed by atoms with Crippen LogP contribution in [0.3, 0.4) is 0 Å². The summed E-state index contributed by atoms with van der Waals surface area (Å²) in [6.07, 6.45) is -0.181. The number of aliphatic hydroxyl groups excluding tert-OH is 1. The average molecular weight is 316 g/mol. The molecule has 3 N–H and O–H groups in total. The van der Waals surface area contributed by atoms with E-state index in [-0.39, 0.29) is 23.1 Å². The topological polar surface area (TPSA) is 107 Å². The number of carbonyl (C=O) groups is 3. The Kier molecular flexibility index (Phi) is 4.77. The van der Waals surface area contributed by atoms with Crippen LogP contribution >= 0.6 is 11.8 Å². The van der Waals surface area contributed by atoms with Gasteiger partial charge in [0.05, 0.1) is 12.0 Å². The van der Waals surface area contributed by atoms with E-state index in [4.69, 9.17) is 0 Å². The highest BCUT2D eigenvalue weighted by atomic mass is 32.2. The van der Waals surface area contributed by atoms with Crippen molar-refractivity contribution in [2.45, 2.75) is 43.7 Å². The zero-order valence-corrected chi connectivity index (χ0v) is 12.8. The van der Waals surface area contributed by atoms with Gasteiger partial charge in [-0.15, -0.1) is 0 Å². The molecule has 118 valence electrons. The SMILES string of the molecule is CC(=O)NCCS[C@H]1C[C@@H]2[C@@H]([C@H](C)O)C(=O)N2[C@H]1C(=O)O. The molecule has 0 aromatic carbocycles. The van der Waals surface area contributed by atoms with Gasteiger partial charge in [0.2, 0.25) is 11.8 Å². The monoisotopic (exact) mass is 316 g/mol. The first kappa shape index (κ1) is 16.1. The van der Waals surface area contributed by atoms with Gasteiger partial charge < -0.3 is 20.4 Å². The van der Waals surface area contributed by atoms with E-state index in [1.54, 1.807) is 6.92 Å². The highest BCUT2D eigenvalue weighted by Gasteiger charge is 2.61. The van der Waals surface area contributed by atoms with Gasteiger partial charge in [0.1, 0.15) is 6.04 Å². The lowest BCUT2D eigenvalue weighted by Gasteiger charge is -2.45. The predicted octanol–water partition coefficient (Wildman–Crippen LogP) is -0.711. The molecule has 0 unspecified atom stereocenters. The molecule has 0 aliphatic carbocycles. The maximum atomic E-state index is 12.0. The number of nitrogens with one attached hydrogen (secondary N) is 1. The van der Waals surface area contributed by atoms with Crippen molar-refractivity contribution < 1.29 is 24.6 Å². The zero-order valence-electron chi connectivity index (χ0n) is 12.0. The van der Waals surface area contributed by atoms with Crippen LogP contribution in [-0.2, 0) is 14.4 Å². The Morgan fingerprint density at radius 1 is 1.52 bits per heavy atom. The number of amides is 2. The van der Waals surface area contributed by atoms with Crippen LogP contribution in [0, 0.1) is 5.92 Å². The van der Waals surface area contributed by atoms with Crippen molar-refractivity contribution in [2.75, 3.05) is 12.3 Å². The summed E-state index contributed by atoms with van der Waals surface area (Å²) in [6, 6.07) is -1.02. The summed E-state index contributed by atoms with van der Waals surface area (Å²) >= 11 is 1.45. The van der Waals surface area contributed by atoms with Gasteiger partial charge in [0.15, 0.2) is 0 Å². The Morgan fingerprint density at radius 3 is 2.71 bits per heavy atom. The predicted molar refractivity (Wildman–Crippen MR) is 76.8 cm³/mol. The first-order chi connectivity index (χ1) is 9.84. The standard InChI is InChI=1S/C13H20N2O5S/c1-6(16)10-8-5-9(21-4-3-14-7(2)17)11(13(19)20)15(8)12(10)18/h6,8-11,16H,3-5H2,1-2H3,(H,14,17)(H,19,20)/t6-,8+,9-,10+,11+/m0/s1. The fourth-order valence-corrected chi connectivity index (χ4v) is 4.43. The third kappa shape index (κ3) is 3.01. The van der Waals surface area contributed by atoms with Crippen LogP contribution in [0.25, 0.3) is 0 Å². The second-order valence-electron chi connectivity index (χ2n) is 5.49. The number of aliphatic carboxylic acids is 1. The number of rotatable bonds is 6. The van der Waals surface area contributed by atoms with Crippen LogP contribution in [0.1, 0.15) is 20.3 Å². The Hall–Kier alpha value is -1.28. The van der Waals surface area contributed by atoms with E-state index in [9.17, 15) is 24.6 Å². The molecule has 2 fully saturated rings. The first-order valence-electron chi connectivity index (χ1n) is 6.93. The van der Waals surface area contributed by atoms with E-state index in [1.165, 1.54) is 23.6 Å². The largest absolute Gasteiger partial charge is 0.480 e. The Bertz CT molecular complexity index is 456. The molecule has 8 heteroatoms. The van der Waals surface area contributed by atoms with Crippen LogP contribution in [0.2, 0.25) is 0 Å². The highest BCUT2D eigenvalue weighted by Crippen LogP contribution is 2.45. The number of β-lactam (4-membered cyclic amide) rings is 1. The number of fused-ring (bicyclic) bond motifs is 1. The van der Waals surface area contributed by atoms with Crippen molar-refractivity contribution >= 4 is 29.5 Å². The molecule has 5 atom stereocenters.